The summed E-state index contributed by atoms with van der Waals surface area (Å²) in [5.74, 6) is -0.444. The number of hydrogen-bond acceptors (Lipinski definition) is 7. The Labute approximate surface area is 213 Å². The van der Waals surface area contributed by atoms with E-state index in [4.69, 9.17) is 9.72 Å². The molecule has 1 aromatic rings. The highest BCUT2D eigenvalue weighted by atomic mass is 32.2. The van der Waals surface area contributed by atoms with Gasteiger partial charge in [0.25, 0.3) is 0 Å². The van der Waals surface area contributed by atoms with Gasteiger partial charge < -0.3 is 20.5 Å². The maximum absolute atomic E-state index is 12.6. The summed E-state index contributed by atoms with van der Waals surface area (Å²) in [6, 6.07) is 3.26. The Morgan fingerprint density at radius 1 is 1.31 bits per heavy atom. The summed E-state index contributed by atoms with van der Waals surface area (Å²) in [7, 11) is -3.38. The number of aromatic nitrogens is 1. The molecule has 36 heavy (non-hydrogen) atoms. The van der Waals surface area contributed by atoms with E-state index >= 15 is 0 Å². The molecule has 10 nitrogen and oxygen atoms in total. The monoisotopic (exact) mass is 522 g/mol. The van der Waals surface area contributed by atoms with Crippen LogP contribution in [0.2, 0.25) is 0 Å². The molecule has 11 heteroatoms. The van der Waals surface area contributed by atoms with Crippen molar-refractivity contribution in [2.45, 2.75) is 69.9 Å². The molecule has 3 N–H and O–H groups in total. The van der Waals surface area contributed by atoms with Crippen LogP contribution in [-0.2, 0) is 37.2 Å². The Hall–Kier alpha value is -2.24. The van der Waals surface area contributed by atoms with Crippen LogP contribution in [0, 0.1) is 11.8 Å². The molecule has 3 aliphatic rings. The fourth-order valence-electron chi connectivity index (χ4n) is 5.26. The predicted octanol–water partition coefficient (Wildman–Crippen LogP) is 1.80. The molecule has 0 aromatic carbocycles. The van der Waals surface area contributed by atoms with E-state index in [1.165, 1.54) is 9.87 Å². The van der Waals surface area contributed by atoms with Crippen LogP contribution in [0.3, 0.4) is 0 Å². The first kappa shape index (κ1) is 26.8. The molecular weight excluding hydrogens is 484 g/mol. The Kier molecular flexibility index (Phi) is 8.84. The number of aryl methyl sites for hydroxylation is 2. The molecule has 0 bridgehead atoms. The highest BCUT2D eigenvalue weighted by Crippen LogP contribution is 2.34. The summed E-state index contributed by atoms with van der Waals surface area (Å²) in [4.78, 5) is 29.0. The Balaban J connectivity index is 1.14. The average molecular weight is 523 g/mol. The Morgan fingerprint density at radius 3 is 2.86 bits per heavy atom. The summed E-state index contributed by atoms with van der Waals surface area (Å²) >= 11 is 0. The molecule has 0 radical (unpaired) electrons. The molecule has 1 saturated heterocycles. The molecule has 1 amide bonds. The number of aliphatic carboxylic acids is 1. The summed E-state index contributed by atoms with van der Waals surface area (Å²) in [6.07, 6.45) is 8.70. The molecule has 0 spiro atoms. The van der Waals surface area contributed by atoms with E-state index in [1.54, 1.807) is 0 Å². The van der Waals surface area contributed by atoms with Crippen LogP contribution < -0.4 is 10.6 Å². The third-order valence-electron chi connectivity index (χ3n) is 7.55. The number of hydrogen-bond donors (Lipinski definition) is 3. The minimum absolute atomic E-state index is 0.0917. The number of nitrogens with zero attached hydrogens (tertiary/aromatic N) is 2. The quantitative estimate of drug-likeness (QED) is 0.400. The van der Waals surface area contributed by atoms with Crippen molar-refractivity contribution >= 4 is 27.7 Å². The lowest BCUT2D eigenvalue weighted by Crippen LogP contribution is -2.49. The van der Waals surface area contributed by atoms with Gasteiger partial charge in [0.2, 0.25) is 15.9 Å². The maximum Gasteiger partial charge on any atom is 0.326 e. The van der Waals surface area contributed by atoms with Crippen LogP contribution in [0.15, 0.2) is 12.1 Å². The van der Waals surface area contributed by atoms with Gasteiger partial charge >= 0.3 is 5.97 Å². The van der Waals surface area contributed by atoms with Crippen molar-refractivity contribution in [3.63, 3.8) is 0 Å². The van der Waals surface area contributed by atoms with Gasteiger partial charge in [0, 0.05) is 38.4 Å². The second-order valence-corrected chi connectivity index (χ2v) is 12.3. The minimum Gasteiger partial charge on any atom is -0.480 e. The van der Waals surface area contributed by atoms with Crippen LogP contribution in [0.5, 0.6) is 0 Å². The highest BCUT2D eigenvalue weighted by Gasteiger charge is 2.33. The van der Waals surface area contributed by atoms with Crippen molar-refractivity contribution in [3.8, 4) is 0 Å². The van der Waals surface area contributed by atoms with Crippen molar-refractivity contribution in [2.24, 2.45) is 11.8 Å². The normalized spacial score (nSPS) is 25.2. The fourth-order valence-corrected chi connectivity index (χ4v) is 6.18. The number of rotatable bonds is 11. The topological polar surface area (TPSA) is 138 Å². The van der Waals surface area contributed by atoms with Gasteiger partial charge in [0.15, 0.2) is 0 Å². The number of carbonyl (C=O) groups is 2. The number of ether oxygens (including phenoxy) is 1. The van der Waals surface area contributed by atoms with Crippen molar-refractivity contribution in [2.75, 3.05) is 37.8 Å². The van der Waals surface area contributed by atoms with E-state index < -0.39 is 33.9 Å². The first-order valence-electron chi connectivity index (χ1n) is 13.0. The standard InChI is InChI=1S/C25H38N4O6S/c1-36(33,34)29-12-3-5-19(16-29)24(30)28-22(25(31)32)10-13-35-21-14-17(15-21)6-8-20-9-7-18-4-2-11-26-23(18)27-20/h7,9,17,19,21-22H,2-6,8,10-16H2,1H3,(H,26,27)(H,28,30)(H,31,32)/t17-,19?,21-,22?. The molecule has 2 atom stereocenters. The SMILES string of the molecule is CS(=O)(=O)N1CCCC(C(=O)NC(CCO[C@H]2C[C@H](CCc3ccc4c(n3)NCCC4)C2)C(=O)O)C1. The Morgan fingerprint density at radius 2 is 2.11 bits per heavy atom. The van der Waals surface area contributed by atoms with E-state index in [0.29, 0.717) is 25.3 Å². The van der Waals surface area contributed by atoms with Gasteiger partial charge in [-0.1, -0.05) is 6.07 Å². The van der Waals surface area contributed by atoms with Crippen molar-refractivity contribution < 1.29 is 27.9 Å². The fraction of sp³-hybridized carbons (Fsp3) is 0.720. The minimum atomic E-state index is -3.38. The van der Waals surface area contributed by atoms with Gasteiger partial charge in [0.05, 0.1) is 18.3 Å². The zero-order valence-electron chi connectivity index (χ0n) is 20.9. The third kappa shape index (κ3) is 7.17. The second kappa shape index (κ2) is 11.9. The van der Waals surface area contributed by atoms with E-state index in [0.717, 1.165) is 62.8 Å². The zero-order chi connectivity index (χ0) is 25.7. The van der Waals surface area contributed by atoms with E-state index in [1.807, 2.05) is 0 Å². The first-order valence-corrected chi connectivity index (χ1v) is 14.9. The number of pyridine rings is 1. The number of carbonyl (C=O) groups excluding carboxylic acids is 1. The van der Waals surface area contributed by atoms with Gasteiger partial charge in [-0.3, -0.25) is 4.79 Å². The van der Waals surface area contributed by atoms with Gasteiger partial charge in [-0.25, -0.2) is 22.5 Å². The number of nitrogens with one attached hydrogen (secondary N) is 2. The van der Waals surface area contributed by atoms with Crippen molar-refractivity contribution in [1.82, 2.24) is 14.6 Å². The maximum atomic E-state index is 12.6. The molecule has 1 aromatic heterocycles. The van der Waals surface area contributed by atoms with Crippen molar-refractivity contribution in [3.05, 3.63) is 23.4 Å². The Bertz CT molecular complexity index is 1040. The smallest absolute Gasteiger partial charge is 0.326 e. The molecule has 2 fully saturated rings. The van der Waals surface area contributed by atoms with Crippen LogP contribution >= 0.6 is 0 Å². The number of anilines is 1. The molecule has 2 unspecified atom stereocenters. The number of piperidine rings is 1. The second-order valence-electron chi connectivity index (χ2n) is 10.4. The van der Waals surface area contributed by atoms with Gasteiger partial charge in [-0.05, 0) is 68.9 Å². The van der Waals surface area contributed by atoms with Crippen LogP contribution in [0.1, 0.15) is 56.2 Å². The number of fused-ring (bicyclic) bond motifs is 1. The summed E-state index contributed by atoms with van der Waals surface area (Å²) < 4.78 is 30.7. The number of sulfonamides is 1. The van der Waals surface area contributed by atoms with Crippen LogP contribution in [-0.4, -0.2) is 79.3 Å². The molecule has 4 rings (SSSR count). The number of carboxylic acid groups (broad SMARTS) is 1. The van der Waals surface area contributed by atoms with E-state index in [9.17, 15) is 23.1 Å². The number of amides is 1. The average Bonchev–Trinajstić information content (AvgIpc) is 2.83. The van der Waals surface area contributed by atoms with Crippen LogP contribution in [0.25, 0.3) is 0 Å². The van der Waals surface area contributed by atoms with Crippen molar-refractivity contribution in [1.29, 1.82) is 0 Å². The summed E-state index contributed by atoms with van der Waals surface area (Å²) in [5, 5.41) is 15.5. The molecule has 200 valence electrons. The first-order chi connectivity index (χ1) is 17.2. The van der Waals surface area contributed by atoms with Gasteiger partial charge in [-0.2, -0.15) is 0 Å². The summed E-state index contributed by atoms with van der Waals surface area (Å²) in [5.41, 5.74) is 2.41. The zero-order valence-corrected chi connectivity index (χ0v) is 21.8. The lowest BCUT2D eigenvalue weighted by molar-refractivity contribution is -0.143. The predicted molar refractivity (Wildman–Crippen MR) is 135 cm³/mol. The molecular formula is C25H38N4O6S. The molecule has 3 heterocycles. The highest BCUT2D eigenvalue weighted by molar-refractivity contribution is 7.88. The lowest BCUT2D eigenvalue weighted by Gasteiger charge is -2.35. The van der Waals surface area contributed by atoms with E-state index in [2.05, 4.69) is 22.8 Å². The third-order valence-corrected chi connectivity index (χ3v) is 8.82. The summed E-state index contributed by atoms with van der Waals surface area (Å²) in [6.45, 7) is 1.73. The molecule has 2 aliphatic heterocycles. The van der Waals surface area contributed by atoms with Crippen LogP contribution in [0.4, 0.5) is 5.82 Å². The van der Waals surface area contributed by atoms with E-state index in [-0.39, 0.29) is 25.7 Å². The largest absolute Gasteiger partial charge is 0.480 e. The molecule has 1 saturated carbocycles. The van der Waals surface area contributed by atoms with Gasteiger partial charge in [0.1, 0.15) is 11.9 Å². The lowest BCUT2D eigenvalue weighted by atomic mass is 9.79. The van der Waals surface area contributed by atoms with Gasteiger partial charge in [-0.15, -0.1) is 0 Å². The molecule has 1 aliphatic carbocycles. The number of carboxylic acids is 1.